The maximum Gasteiger partial charge on any atom is 0.318 e. The van der Waals surface area contributed by atoms with Gasteiger partial charge in [-0.2, -0.15) is 5.26 Å². The molecule has 0 unspecified atom stereocenters. The molecule has 0 amide bonds. The predicted octanol–water partition coefficient (Wildman–Crippen LogP) is 3.57. The van der Waals surface area contributed by atoms with E-state index >= 15 is 0 Å². The molecule has 24 heavy (non-hydrogen) atoms. The SMILES string of the molecule is CCOc1cc(C#N)ccc1Oc1ccc([N+](=O)[O-])cc1[N+](=O)[O-]. The molecule has 2 aromatic rings. The third-order valence-corrected chi connectivity index (χ3v) is 2.94. The summed E-state index contributed by atoms with van der Waals surface area (Å²) < 4.78 is 10.8. The molecule has 0 bridgehead atoms. The first-order valence-corrected chi connectivity index (χ1v) is 6.74. The number of nitriles is 1. The number of ether oxygens (including phenoxy) is 2. The molecule has 0 saturated carbocycles. The highest BCUT2D eigenvalue weighted by molar-refractivity contribution is 5.56. The van der Waals surface area contributed by atoms with Gasteiger partial charge in [0.1, 0.15) is 0 Å². The van der Waals surface area contributed by atoms with Crippen LogP contribution in [0.4, 0.5) is 11.4 Å². The number of nitrogens with zero attached hydrogens (tertiary/aromatic N) is 3. The summed E-state index contributed by atoms with van der Waals surface area (Å²) in [6.07, 6.45) is 0. The summed E-state index contributed by atoms with van der Waals surface area (Å²) in [6.45, 7) is 2.03. The monoisotopic (exact) mass is 329 g/mol. The Hall–Kier alpha value is -3.67. The first kappa shape index (κ1) is 16.7. The van der Waals surface area contributed by atoms with E-state index in [1.807, 2.05) is 6.07 Å². The summed E-state index contributed by atoms with van der Waals surface area (Å²) in [7, 11) is 0. The van der Waals surface area contributed by atoms with Gasteiger partial charge in [-0.15, -0.1) is 0 Å². The van der Waals surface area contributed by atoms with E-state index in [9.17, 15) is 20.2 Å². The van der Waals surface area contributed by atoms with E-state index in [1.54, 1.807) is 6.92 Å². The largest absolute Gasteiger partial charge is 0.490 e. The summed E-state index contributed by atoms with van der Waals surface area (Å²) in [4.78, 5) is 20.4. The van der Waals surface area contributed by atoms with Crippen molar-refractivity contribution in [3.05, 3.63) is 62.2 Å². The fourth-order valence-electron chi connectivity index (χ4n) is 1.90. The zero-order chi connectivity index (χ0) is 17.7. The Morgan fingerprint density at radius 3 is 2.33 bits per heavy atom. The Morgan fingerprint density at radius 2 is 1.75 bits per heavy atom. The maximum atomic E-state index is 11.1. The van der Waals surface area contributed by atoms with Crippen molar-refractivity contribution in [3.8, 4) is 23.3 Å². The molecule has 9 heteroatoms. The minimum atomic E-state index is -0.771. The molecular weight excluding hydrogens is 318 g/mol. The topological polar surface area (TPSA) is 129 Å². The Labute approximate surface area is 136 Å². The average molecular weight is 329 g/mol. The quantitative estimate of drug-likeness (QED) is 0.585. The fraction of sp³-hybridized carbons (Fsp3) is 0.133. The molecular formula is C15H11N3O6. The van der Waals surface area contributed by atoms with Gasteiger partial charge in [-0.25, -0.2) is 0 Å². The van der Waals surface area contributed by atoms with Crippen molar-refractivity contribution in [1.82, 2.24) is 0 Å². The molecule has 0 heterocycles. The first-order valence-electron chi connectivity index (χ1n) is 6.74. The highest BCUT2D eigenvalue weighted by Crippen LogP contribution is 2.38. The van der Waals surface area contributed by atoms with E-state index in [0.29, 0.717) is 12.2 Å². The maximum absolute atomic E-state index is 11.1. The molecule has 0 aliphatic heterocycles. The highest BCUT2D eigenvalue weighted by atomic mass is 16.6. The number of hydrogen-bond acceptors (Lipinski definition) is 7. The van der Waals surface area contributed by atoms with Gasteiger partial charge in [0.15, 0.2) is 11.5 Å². The smallest absolute Gasteiger partial charge is 0.318 e. The van der Waals surface area contributed by atoms with Crippen LogP contribution in [0.5, 0.6) is 17.2 Å². The summed E-state index contributed by atoms with van der Waals surface area (Å²) in [5.41, 5.74) is -0.626. The molecule has 0 fully saturated rings. The third kappa shape index (κ3) is 3.56. The van der Waals surface area contributed by atoms with Crippen molar-refractivity contribution < 1.29 is 19.3 Å². The van der Waals surface area contributed by atoms with Gasteiger partial charge in [-0.05, 0) is 25.1 Å². The molecule has 0 aromatic heterocycles. The van der Waals surface area contributed by atoms with Crippen LogP contribution in [-0.2, 0) is 0 Å². The Kier molecular flexibility index (Phi) is 4.91. The lowest BCUT2D eigenvalue weighted by atomic mass is 10.2. The van der Waals surface area contributed by atoms with E-state index in [0.717, 1.165) is 18.2 Å². The second-order valence-corrected chi connectivity index (χ2v) is 4.47. The lowest BCUT2D eigenvalue weighted by Crippen LogP contribution is -1.99. The van der Waals surface area contributed by atoms with E-state index in [1.165, 1.54) is 18.2 Å². The van der Waals surface area contributed by atoms with Gasteiger partial charge in [0.2, 0.25) is 5.75 Å². The Morgan fingerprint density at radius 1 is 1.04 bits per heavy atom. The van der Waals surface area contributed by atoms with Crippen LogP contribution in [0.15, 0.2) is 36.4 Å². The summed E-state index contributed by atoms with van der Waals surface area (Å²) >= 11 is 0. The molecule has 122 valence electrons. The Balaban J connectivity index is 2.46. The normalized spacial score (nSPS) is 9.83. The summed E-state index contributed by atoms with van der Waals surface area (Å²) in [5, 5.41) is 30.8. The van der Waals surface area contributed by atoms with Crippen molar-refractivity contribution in [1.29, 1.82) is 5.26 Å². The van der Waals surface area contributed by atoms with E-state index in [-0.39, 0.29) is 17.2 Å². The lowest BCUT2D eigenvalue weighted by Gasteiger charge is -2.11. The standard InChI is InChI=1S/C15H11N3O6/c1-2-23-15-7-10(9-16)3-5-14(15)24-13-6-4-11(17(19)20)8-12(13)18(21)22/h3-8H,2H2,1H3. The van der Waals surface area contributed by atoms with Gasteiger partial charge < -0.3 is 9.47 Å². The highest BCUT2D eigenvalue weighted by Gasteiger charge is 2.22. The molecule has 0 aliphatic carbocycles. The molecule has 0 N–H and O–H groups in total. The van der Waals surface area contributed by atoms with Crippen molar-refractivity contribution in [2.75, 3.05) is 6.61 Å². The first-order chi connectivity index (χ1) is 11.5. The van der Waals surface area contributed by atoms with Gasteiger partial charge in [0, 0.05) is 12.1 Å². The molecule has 2 rings (SSSR count). The number of nitro groups is 2. The molecule has 0 saturated heterocycles. The van der Waals surface area contributed by atoms with Crippen LogP contribution in [0.3, 0.4) is 0 Å². The summed E-state index contributed by atoms with van der Waals surface area (Å²) in [5.74, 6) is 0.230. The molecule has 0 aliphatic rings. The van der Waals surface area contributed by atoms with E-state index in [2.05, 4.69) is 0 Å². The number of non-ortho nitro benzene ring substituents is 1. The van der Waals surface area contributed by atoms with Gasteiger partial charge in [0.25, 0.3) is 5.69 Å². The van der Waals surface area contributed by atoms with E-state index < -0.39 is 21.2 Å². The van der Waals surface area contributed by atoms with Crippen LogP contribution >= 0.6 is 0 Å². The number of hydrogen-bond donors (Lipinski definition) is 0. The summed E-state index contributed by atoms with van der Waals surface area (Å²) in [6, 6.07) is 9.36. The number of rotatable bonds is 6. The number of benzene rings is 2. The third-order valence-electron chi connectivity index (χ3n) is 2.94. The fourth-order valence-corrected chi connectivity index (χ4v) is 1.90. The van der Waals surface area contributed by atoms with E-state index in [4.69, 9.17) is 14.7 Å². The minimum absolute atomic E-state index is 0.160. The van der Waals surface area contributed by atoms with Crippen molar-refractivity contribution in [2.24, 2.45) is 0 Å². The molecule has 0 spiro atoms. The second kappa shape index (κ2) is 7.06. The second-order valence-electron chi connectivity index (χ2n) is 4.47. The molecule has 2 aromatic carbocycles. The van der Waals surface area contributed by atoms with Crippen molar-refractivity contribution >= 4 is 11.4 Å². The predicted molar refractivity (Wildman–Crippen MR) is 82.2 cm³/mol. The van der Waals surface area contributed by atoms with Crippen LogP contribution < -0.4 is 9.47 Å². The van der Waals surface area contributed by atoms with Crippen LogP contribution in [0.1, 0.15) is 12.5 Å². The molecule has 0 atom stereocenters. The minimum Gasteiger partial charge on any atom is -0.490 e. The molecule has 0 radical (unpaired) electrons. The lowest BCUT2D eigenvalue weighted by molar-refractivity contribution is -0.394. The van der Waals surface area contributed by atoms with Crippen molar-refractivity contribution in [3.63, 3.8) is 0 Å². The van der Waals surface area contributed by atoms with Gasteiger partial charge in [-0.1, -0.05) is 0 Å². The van der Waals surface area contributed by atoms with Crippen LogP contribution in [-0.4, -0.2) is 16.5 Å². The molecule has 9 nitrogen and oxygen atoms in total. The van der Waals surface area contributed by atoms with Crippen LogP contribution in [0.25, 0.3) is 0 Å². The van der Waals surface area contributed by atoms with Gasteiger partial charge in [-0.3, -0.25) is 20.2 Å². The number of nitro benzene ring substituents is 2. The van der Waals surface area contributed by atoms with Gasteiger partial charge >= 0.3 is 5.69 Å². The Bertz CT molecular complexity index is 844. The van der Waals surface area contributed by atoms with Crippen LogP contribution in [0.2, 0.25) is 0 Å². The zero-order valence-corrected chi connectivity index (χ0v) is 12.5. The average Bonchev–Trinajstić information content (AvgIpc) is 2.56. The van der Waals surface area contributed by atoms with Gasteiger partial charge in [0.05, 0.1) is 34.2 Å². The van der Waals surface area contributed by atoms with Crippen molar-refractivity contribution in [2.45, 2.75) is 6.92 Å². The zero-order valence-electron chi connectivity index (χ0n) is 12.5. The van der Waals surface area contributed by atoms with Crippen LogP contribution in [0, 0.1) is 31.6 Å².